The summed E-state index contributed by atoms with van der Waals surface area (Å²) in [5.74, 6) is 0.476. The minimum Gasteiger partial charge on any atom is -0.340 e. The Morgan fingerprint density at radius 3 is 3.15 bits per heavy atom. The van der Waals surface area contributed by atoms with Crippen LogP contribution in [0, 0.1) is 0 Å². The molecule has 0 amide bonds. The van der Waals surface area contributed by atoms with Gasteiger partial charge in [-0.2, -0.15) is 0 Å². The smallest absolute Gasteiger partial charge is 0.182 e. The molecule has 0 aliphatic carbocycles. The molecular formula is C6H7N5O2. The molecule has 0 aliphatic heterocycles. The highest BCUT2D eigenvalue weighted by Crippen LogP contribution is 2.13. The molecule has 7 nitrogen and oxygen atoms in total. The predicted octanol–water partition coefficient (Wildman–Crippen LogP) is 0.258. The van der Waals surface area contributed by atoms with Crippen molar-refractivity contribution in [2.24, 2.45) is 0 Å². The number of nitrogens with zero attached hydrogens (tertiary/aromatic N) is 3. The van der Waals surface area contributed by atoms with Crippen LogP contribution in [0.25, 0.3) is 11.2 Å². The molecule has 0 atom stereocenters. The zero-order valence-electron chi connectivity index (χ0n) is 6.81. The van der Waals surface area contributed by atoms with Gasteiger partial charge in [0.2, 0.25) is 0 Å². The van der Waals surface area contributed by atoms with E-state index in [0.717, 1.165) is 0 Å². The molecule has 0 saturated carbocycles. The number of aromatic nitrogens is 4. The largest absolute Gasteiger partial charge is 0.340 e. The lowest BCUT2D eigenvalue weighted by molar-refractivity contribution is -0.248. The molecule has 2 N–H and O–H groups in total. The van der Waals surface area contributed by atoms with Crippen LogP contribution in [0.2, 0.25) is 0 Å². The van der Waals surface area contributed by atoms with Crippen molar-refractivity contribution in [1.29, 1.82) is 0 Å². The molecule has 0 aliphatic rings. The van der Waals surface area contributed by atoms with Crippen LogP contribution in [-0.2, 0) is 9.88 Å². The van der Waals surface area contributed by atoms with Crippen molar-refractivity contribution in [2.45, 2.75) is 0 Å². The zero-order chi connectivity index (χ0) is 9.10. The van der Waals surface area contributed by atoms with E-state index < -0.39 is 0 Å². The van der Waals surface area contributed by atoms with Gasteiger partial charge >= 0.3 is 0 Å². The second-order valence-electron chi connectivity index (χ2n) is 2.18. The fourth-order valence-electron chi connectivity index (χ4n) is 0.924. The second kappa shape index (κ2) is 3.33. The van der Waals surface area contributed by atoms with Crippen LogP contribution >= 0.6 is 0 Å². The van der Waals surface area contributed by atoms with Crippen molar-refractivity contribution in [3.8, 4) is 0 Å². The third-order valence-corrected chi connectivity index (χ3v) is 1.44. The fourth-order valence-corrected chi connectivity index (χ4v) is 0.924. The first-order valence-corrected chi connectivity index (χ1v) is 3.51. The standard InChI is InChI=1S/C6H7N5O2/c1-12-13-11-6-4-5(8-2-7-4)9-3-10-6/h2-3H,1H3,(H2,7,8,9,10,11). The molecule has 0 spiro atoms. The first kappa shape index (κ1) is 7.90. The minimum absolute atomic E-state index is 0.476. The molecule has 2 heterocycles. The van der Waals surface area contributed by atoms with Crippen LogP contribution in [0.1, 0.15) is 0 Å². The minimum atomic E-state index is 0.476. The Bertz CT molecular complexity index is 401. The van der Waals surface area contributed by atoms with E-state index in [4.69, 9.17) is 0 Å². The Labute approximate surface area is 73.0 Å². The van der Waals surface area contributed by atoms with Gasteiger partial charge in [0.15, 0.2) is 11.5 Å². The third kappa shape index (κ3) is 1.42. The summed E-state index contributed by atoms with van der Waals surface area (Å²) >= 11 is 0. The molecule has 0 saturated heterocycles. The van der Waals surface area contributed by atoms with Gasteiger partial charge in [-0.25, -0.2) is 25.3 Å². The number of hydrogen-bond donors (Lipinski definition) is 2. The summed E-state index contributed by atoms with van der Waals surface area (Å²) in [6.45, 7) is 0. The number of nitrogens with one attached hydrogen (secondary N) is 2. The molecule has 0 fully saturated rings. The summed E-state index contributed by atoms with van der Waals surface area (Å²) in [4.78, 5) is 23.5. The van der Waals surface area contributed by atoms with E-state index >= 15 is 0 Å². The molecule has 13 heavy (non-hydrogen) atoms. The number of aromatic amines is 1. The van der Waals surface area contributed by atoms with Gasteiger partial charge in [0.25, 0.3) is 0 Å². The van der Waals surface area contributed by atoms with E-state index in [1.54, 1.807) is 0 Å². The van der Waals surface area contributed by atoms with E-state index in [2.05, 4.69) is 35.3 Å². The second-order valence-corrected chi connectivity index (χ2v) is 2.18. The van der Waals surface area contributed by atoms with Crippen molar-refractivity contribution in [1.82, 2.24) is 19.9 Å². The third-order valence-electron chi connectivity index (χ3n) is 1.44. The van der Waals surface area contributed by atoms with Gasteiger partial charge in [0.1, 0.15) is 11.8 Å². The number of anilines is 1. The Balaban J connectivity index is 2.37. The van der Waals surface area contributed by atoms with Crippen molar-refractivity contribution in [3.05, 3.63) is 12.7 Å². The molecule has 2 rings (SSSR count). The van der Waals surface area contributed by atoms with E-state index in [9.17, 15) is 0 Å². The number of fused-ring (bicyclic) bond motifs is 1. The van der Waals surface area contributed by atoms with Crippen LogP contribution in [0.5, 0.6) is 0 Å². The lowest BCUT2D eigenvalue weighted by atomic mass is 10.5. The van der Waals surface area contributed by atoms with E-state index in [1.807, 2.05) is 0 Å². The number of hydrogen-bond acceptors (Lipinski definition) is 6. The molecule has 0 aromatic carbocycles. The SMILES string of the molecule is COONc1ncnc2nc[nH]c12. The Hall–Kier alpha value is -1.73. The van der Waals surface area contributed by atoms with E-state index in [-0.39, 0.29) is 0 Å². The summed E-state index contributed by atoms with van der Waals surface area (Å²) in [6.07, 6.45) is 2.90. The predicted molar refractivity (Wildman–Crippen MR) is 43.4 cm³/mol. The van der Waals surface area contributed by atoms with Crippen molar-refractivity contribution in [3.63, 3.8) is 0 Å². The highest BCUT2D eigenvalue weighted by atomic mass is 17.3. The lowest BCUT2D eigenvalue weighted by Gasteiger charge is -2.01. The first-order chi connectivity index (χ1) is 6.42. The van der Waals surface area contributed by atoms with E-state index in [1.165, 1.54) is 19.8 Å². The van der Waals surface area contributed by atoms with Crippen molar-refractivity contribution >= 4 is 17.0 Å². The molecule has 7 heteroatoms. The van der Waals surface area contributed by atoms with Gasteiger partial charge in [0.05, 0.1) is 13.4 Å². The van der Waals surface area contributed by atoms with Crippen molar-refractivity contribution in [2.75, 3.05) is 12.6 Å². The molecule has 2 aromatic heterocycles. The Morgan fingerprint density at radius 2 is 2.31 bits per heavy atom. The number of imidazole rings is 1. The number of H-pyrrole nitrogens is 1. The van der Waals surface area contributed by atoms with Gasteiger partial charge in [0, 0.05) is 0 Å². The summed E-state index contributed by atoms with van der Waals surface area (Å²) in [6, 6.07) is 0. The normalized spacial score (nSPS) is 10.5. The summed E-state index contributed by atoms with van der Waals surface area (Å²) in [7, 11) is 1.39. The first-order valence-electron chi connectivity index (χ1n) is 3.51. The number of rotatable bonds is 3. The summed E-state index contributed by atoms with van der Waals surface area (Å²) < 4.78 is 0. The quantitative estimate of drug-likeness (QED) is 0.521. The Kier molecular flexibility index (Phi) is 2.02. The molecule has 0 unspecified atom stereocenters. The highest BCUT2D eigenvalue weighted by molar-refractivity contribution is 5.81. The lowest BCUT2D eigenvalue weighted by Crippen LogP contribution is -2.02. The molecule has 0 radical (unpaired) electrons. The molecule has 2 aromatic rings. The summed E-state index contributed by atoms with van der Waals surface area (Å²) in [5.41, 5.74) is 3.71. The van der Waals surface area contributed by atoms with Crippen LogP contribution in [0.4, 0.5) is 5.82 Å². The van der Waals surface area contributed by atoms with Crippen LogP contribution in [-0.4, -0.2) is 27.0 Å². The zero-order valence-corrected chi connectivity index (χ0v) is 6.81. The average Bonchev–Trinajstić information content (AvgIpc) is 2.62. The van der Waals surface area contributed by atoms with Gasteiger partial charge in [-0.1, -0.05) is 0 Å². The van der Waals surface area contributed by atoms with E-state index in [0.29, 0.717) is 17.0 Å². The molecule has 68 valence electrons. The van der Waals surface area contributed by atoms with Gasteiger partial charge in [-0.05, 0) is 0 Å². The van der Waals surface area contributed by atoms with Crippen LogP contribution in [0.15, 0.2) is 12.7 Å². The summed E-state index contributed by atoms with van der Waals surface area (Å²) in [5, 5.41) is 0. The maximum Gasteiger partial charge on any atom is 0.182 e. The monoisotopic (exact) mass is 181 g/mol. The Morgan fingerprint density at radius 1 is 1.38 bits per heavy atom. The molecular weight excluding hydrogens is 174 g/mol. The van der Waals surface area contributed by atoms with Crippen LogP contribution in [0.3, 0.4) is 0 Å². The fraction of sp³-hybridized carbons (Fsp3) is 0.167. The highest BCUT2D eigenvalue weighted by Gasteiger charge is 2.04. The topological polar surface area (TPSA) is 84.9 Å². The maximum atomic E-state index is 4.51. The maximum absolute atomic E-state index is 4.51. The van der Waals surface area contributed by atoms with Gasteiger partial charge in [-0.3, -0.25) is 0 Å². The van der Waals surface area contributed by atoms with Gasteiger partial charge in [-0.15, -0.1) is 4.99 Å². The van der Waals surface area contributed by atoms with Crippen molar-refractivity contribution < 1.29 is 9.88 Å². The van der Waals surface area contributed by atoms with Gasteiger partial charge < -0.3 is 4.98 Å². The van der Waals surface area contributed by atoms with Crippen LogP contribution < -0.4 is 5.48 Å². The average molecular weight is 181 g/mol. The molecule has 0 bridgehead atoms.